The van der Waals surface area contributed by atoms with Gasteiger partial charge in [-0.2, -0.15) is 0 Å². The van der Waals surface area contributed by atoms with E-state index in [4.69, 9.17) is 26.8 Å². The van der Waals surface area contributed by atoms with Gasteiger partial charge in [-0.3, -0.25) is 14.5 Å². The van der Waals surface area contributed by atoms with Gasteiger partial charge in [0.05, 0.1) is 16.5 Å². The molecule has 1 saturated heterocycles. The number of thiocarbonyl (C=S) groups is 1. The van der Waals surface area contributed by atoms with Crippen molar-refractivity contribution in [3.05, 3.63) is 61.4 Å². The van der Waals surface area contributed by atoms with Crippen LogP contribution in [-0.2, 0) is 16.2 Å². The number of rotatable bonds is 7. The molecule has 0 atom stereocenters. The van der Waals surface area contributed by atoms with E-state index in [0.717, 1.165) is 26.7 Å². The summed E-state index contributed by atoms with van der Waals surface area (Å²) in [5.41, 5.74) is 1.68. The first kappa shape index (κ1) is 22.8. The highest BCUT2D eigenvalue weighted by molar-refractivity contribution is 9.10. The van der Waals surface area contributed by atoms with Crippen LogP contribution in [0.5, 0.6) is 11.5 Å². The summed E-state index contributed by atoms with van der Waals surface area (Å²) in [4.78, 5) is 24.8. The van der Waals surface area contributed by atoms with Crippen LogP contribution >= 0.6 is 55.8 Å². The molecule has 0 spiro atoms. The van der Waals surface area contributed by atoms with E-state index in [2.05, 4.69) is 31.9 Å². The molecule has 1 N–H and O–H groups in total. The first-order chi connectivity index (χ1) is 14.3. The molecule has 1 aliphatic heterocycles. The number of thioether (sulfide) groups is 1. The molecular formula is C20H15Br2NO5S2. The number of ether oxygens (including phenoxy) is 2. The Bertz CT molecular complexity index is 1040. The van der Waals surface area contributed by atoms with E-state index >= 15 is 0 Å². The summed E-state index contributed by atoms with van der Waals surface area (Å²) in [6, 6.07) is 11.3. The summed E-state index contributed by atoms with van der Waals surface area (Å²) in [5, 5.41) is 8.95. The van der Waals surface area contributed by atoms with Crippen molar-refractivity contribution in [3.63, 3.8) is 0 Å². The number of carboxylic acid groups (broad SMARTS) is 1. The van der Waals surface area contributed by atoms with E-state index in [1.165, 1.54) is 7.11 Å². The van der Waals surface area contributed by atoms with Crippen molar-refractivity contribution in [2.75, 3.05) is 13.7 Å². The lowest BCUT2D eigenvalue weighted by atomic mass is 10.1. The number of carbonyl (C=O) groups excluding carboxylic acids is 1. The molecule has 1 aliphatic rings. The van der Waals surface area contributed by atoms with Crippen LogP contribution in [0.2, 0.25) is 0 Å². The Morgan fingerprint density at radius 2 is 1.97 bits per heavy atom. The fraction of sp³-hybridized carbons (Fsp3) is 0.150. The number of hydrogen-bond acceptors (Lipinski definition) is 6. The van der Waals surface area contributed by atoms with Gasteiger partial charge in [0, 0.05) is 4.47 Å². The zero-order chi connectivity index (χ0) is 21.8. The monoisotopic (exact) mass is 571 g/mol. The lowest BCUT2D eigenvalue weighted by Crippen LogP contribution is -2.33. The van der Waals surface area contributed by atoms with Crippen molar-refractivity contribution < 1.29 is 24.2 Å². The van der Waals surface area contributed by atoms with Crippen molar-refractivity contribution in [3.8, 4) is 11.5 Å². The number of methoxy groups -OCH3 is 1. The van der Waals surface area contributed by atoms with Crippen LogP contribution < -0.4 is 9.47 Å². The first-order valence-corrected chi connectivity index (χ1v) is 11.3. The normalized spacial score (nSPS) is 15.0. The van der Waals surface area contributed by atoms with Gasteiger partial charge < -0.3 is 14.6 Å². The molecule has 1 heterocycles. The lowest BCUT2D eigenvalue weighted by Gasteiger charge is -2.14. The number of benzene rings is 2. The third-order valence-electron chi connectivity index (χ3n) is 4.01. The largest absolute Gasteiger partial charge is 0.493 e. The fourth-order valence-corrected chi connectivity index (χ4v) is 4.72. The standard InChI is InChI=1S/C20H15Br2NO5S2/c1-27-15-7-12(8-16-19(26)23(9-17(24)25)20(29)30-16)6-14(22)18(15)28-10-11-2-4-13(21)5-3-11/h2-8H,9-10H2,1H3,(H,24,25)/b16-8-. The second kappa shape index (κ2) is 9.95. The Morgan fingerprint density at radius 3 is 2.60 bits per heavy atom. The molecular weight excluding hydrogens is 558 g/mol. The maximum atomic E-state index is 12.5. The van der Waals surface area contributed by atoms with E-state index < -0.39 is 18.4 Å². The maximum absolute atomic E-state index is 12.5. The molecule has 0 aliphatic carbocycles. The number of hydrogen-bond donors (Lipinski definition) is 1. The minimum absolute atomic E-state index is 0.217. The molecule has 0 saturated carbocycles. The van der Waals surface area contributed by atoms with Crippen LogP contribution in [0.25, 0.3) is 6.08 Å². The molecule has 0 bridgehead atoms. The molecule has 1 amide bonds. The SMILES string of the molecule is COc1cc(/C=C2\SC(=S)N(CC(=O)O)C2=O)cc(Br)c1OCc1ccc(Br)cc1. The van der Waals surface area contributed by atoms with E-state index in [0.29, 0.717) is 33.0 Å². The quantitative estimate of drug-likeness (QED) is 0.366. The van der Waals surface area contributed by atoms with Crippen LogP contribution in [0, 0.1) is 0 Å². The summed E-state index contributed by atoms with van der Waals surface area (Å²) < 4.78 is 13.3. The van der Waals surface area contributed by atoms with Gasteiger partial charge in [0.2, 0.25) is 0 Å². The highest BCUT2D eigenvalue weighted by Gasteiger charge is 2.33. The van der Waals surface area contributed by atoms with Crippen molar-refractivity contribution in [1.82, 2.24) is 4.90 Å². The van der Waals surface area contributed by atoms with Gasteiger partial charge in [-0.05, 0) is 57.4 Å². The number of amides is 1. The van der Waals surface area contributed by atoms with Crippen LogP contribution in [0.15, 0.2) is 50.2 Å². The number of carboxylic acids is 1. The van der Waals surface area contributed by atoms with Crippen LogP contribution in [0.3, 0.4) is 0 Å². The first-order valence-electron chi connectivity index (χ1n) is 8.50. The molecule has 156 valence electrons. The summed E-state index contributed by atoms with van der Waals surface area (Å²) in [6.07, 6.45) is 1.65. The van der Waals surface area contributed by atoms with Gasteiger partial charge in [-0.25, -0.2) is 0 Å². The third kappa shape index (κ3) is 5.42. The number of carbonyl (C=O) groups is 2. The van der Waals surface area contributed by atoms with Crippen molar-refractivity contribution in [1.29, 1.82) is 0 Å². The average Bonchev–Trinajstić information content (AvgIpc) is 2.95. The lowest BCUT2D eigenvalue weighted by molar-refractivity contribution is -0.140. The second-order valence-electron chi connectivity index (χ2n) is 6.11. The van der Waals surface area contributed by atoms with Gasteiger partial charge in [0.1, 0.15) is 17.5 Å². The minimum Gasteiger partial charge on any atom is -0.493 e. The molecule has 0 aromatic heterocycles. The van der Waals surface area contributed by atoms with Crippen molar-refractivity contribution in [2.45, 2.75) is 6.61 Å². The second-order valence-corrected chi connectivity index (χ2v) is 9.56. The van der Waals surface area contributed by atoms with Gasteiger partial charge in [-0.15, -0.1) is 0 Å². The molecule has 6 nitrogen and oxygen atoms in total. The summed E-state index contributed by atoms with van der Waals surface area (Å²) in [7, 11) is 1.53. The molecule has 3 rings (SSSR count). The van der Waals surface area contributed by atoms with Crippen LogP contribution in [0.1, 0.15) is 11.1 Å². The number of nitrogens with zero attached hydrogens (tertiary/aromatic N) is 1. The summed E-state index contributed by atoms with van der Waals surface area (Å²) >= 11 is 13.1. The minimum atomic E-state index is -1.12. The Kier molecular flexibility index (Phi) is 7.56. The van der Waals surface area contributed by atoms with Gasteiger partial charge in [-0.1, -0.05) is 52.0 Å². The summed E-state index contributed by atoms with van der Waals surface area (Å²) in [5.74, 6) is -0.521. The van der Waals surface area contributed by atoms with E-state index in [-0.39, 0.29) is 4.32 Å². The number of aliphatic carboxylic acids is 1. The highest BCUT2D eigenvalue weighted by atomic mass is 79.9. The molecule has 30 heavy (non-hydrogen) atoms. The van der Waals surface area contributed by atoms with Gasteiger partial charge in [0.15, 0.2) is 11.5 Å². The molecule has 2 aromatic rings. The van der Waals surface area contributed by atoms with Crippen molar-refractivity contribution >= 4 is 78.1 Å². The van der Waals surface area contributed by atoms with Gasteiger partial charge >= 0.3 is 5.97 Å². The van der Waals surface area contributed by atoms with Gasteiger partial charge in [0.25, 0.3) is 5.91 Å². The number of halogens is 2. The van der Waals surface area contributed by atoms with Crippen molar-refractivity contribution in [2.24, 2.45) is 0 Å². The zero-order valence-electron chi connectivity index (χ0n) is 15.6. The van der Waals surface area contributed by atoms with E-state index in [1.54, 1.807) is 18.2 Å². The highest BCUT2D eigenvalue weighted by Crippen LogP contribution is 2.39. The Morgan fingerprint density at radius 1 is 1.27 bits per heavy atom. The smallest absolute Gasteiger partial charge is 0.323 e. The Hall–Kier alpha value is -1.88. The average molecular weight is 573 g/mol. The molecule has 0 unspecified atom stereocenters. The van der Waals surface area contributed by atoms with E-state index in [9.17, 15) is 9.59 Å². The van der Waals surface area contributed by atoms with E-state index in [1.807, 2.05) is 24.3 Å². The zero-order valence-corrected chi connectivity index (χ0v) is 20.4. The maximum Gasteiger partial charge on any atom is 0.323 e. The predicted octanol–water partition coefficient (Wildman–Crippen LogP) is 5.09. The molecule has 1 fully saturated rings. The molecule has 2 aromatic carbocycles. The predicted molar refractivity (Wildman–Crippen MR) is 127 cm³/mol. The molecule has 10 heteroatoms. The topological polar surface area (TPSA) is 76.1 Å². The molecule has 0 radical (unpaired) electrons. The van der Waals surface area contributed by atoms with Crippen LogP contribution in [0.4, 0.5) is 0 Å². The third-order valence-corrected chi connectivity index (χ3v) is 6.51. The Balaban J connectivity index is 1.82. The summed E-state index contributed by atoms with van der Waals surface area (Å²) in [6.45, 7) is -0.104. The van der Waals surface area contributed by atoms with Crippen LogP contribution in [-0.4, -0.2) is 39.9 Å². The fourth-order valence-electron chi connectivity index (χ4n) is 2.62. The Labute approximate surface area is 199 Å².